The Morgan fingerprint density at radius 2 is 1.85 bits per heavy atom. The largest absolute Gasteiger partial charge is 0.507 e. The molecule has 0 aliphatic rings. The maximum absolute atomic E-state index is 9.82. The summed E-state index contributed by atoms with van der Waals surface area (Å²) < 4.78 is 7.44. The van der Waals surface area contributed by atoms with Crippen molar-refractivity contribution < 1.29 is 9.84 Å². The lowest BCUT2D eigenvalue weighted by Crippen LogP contribution is -1.96. The van der Waals surface area contributed by atoms with Crippen molar-refractivity contribution in [1.29, 1.82) is 0 Å². The van der Waals surface area contributed by atoms with Crippen LogP contribution in [-0.4, -0.2) is 28.0 Å². The highest BCUT2D eigenvalue weighted by atomic mass is 16.5. The van der Waals surface area contributed by atoms with Gasteiger partial charge in [0.25, 0.3) is 0 Å². The molecule has 0 fully saturated rings. The summed E-state index contributed by atoms with van der Waals surface area (Å²) in [6.45, 7) is 0. The minimum atomic E-state index is 0.206. The third kappa shape index (κ3) is 2.91. The predicted molar refractivity (Wildman–Crippen MR) is 103 cm³/mol. The smallest absolute Gasteiger partial charge is 0.142 e. The number of benzene rings is 3. The molecule has 0 aliphatic carbocycles. The van der Waals surface area contributed by atoms with Gasteiger partial charge in [0.2, 0.25) is 0 Å². The molecule has 4 rings (SSSR count). The topological polar surface area (TPSA) is 59.6 Å². The Kier molecular flexibility index (Phi) is 4.11. The molecule has 1 heterocycles. The van der Waals surface area contributed by atoms with Crippen LogP contribution in [-0.2, 0) is 0 Å². The molecule has 128 valence electrons. The van der Waals surface area contributed by atoms with E-state index in [1.54, 1.807) is 31.8 Å². The summed E-state index contributed by atoms with van der Waals surface area (Å²) in [6.07, 6.45) is 3.42. The second-order valence-corrected chi connectivity index (χ2v) is 5.78. The summed E-state index contributed by atoms with van der Waals surface area (Å²) in [5, 5.41) is 9.82. The molecule has 0 spiro atoms. The highest BCUT2D eigenvalue weighted by molar-refractivity contribution is 5.87. The van der Waals surface area contributed by atoms with Crippen molar-refractivity contribution in [3.63, 3.8) is 0 Å². The van der Waals surface area contributed by atoms with Gasteiger partial charge < -0.3 is 9.84 Å². The zero-order chi connectivity index (χ0) is 17.9. The number of rotatable bonds is 4. The molecule has 5 nitrogen and oxygen atoms in total. The van der Waals surface area contributed by atoms with Crippen LogP contribution in [0.25, 0.3) is 16.7 Å². The number of aromatic hydroxyl groups is 1. The van der Waals surface area contributed by atoms with Gasteiger partial charge in [-0.15, -0.1) is 0 Å². The summed E-state index contributed by atoms with van der Waals surface area (Å²) in [5.41, 5.74) is 4.18. The lowest BCUT2D eigenvalue weighted by molar-refractivity contribution is 0.413. The molecular weight excluding hydrogens is 326 g/mol. The lowest BCUT2D eigenvalue weighted by atomic mass is 10.2. The Morgan fingerprint density at radius 3 is 2.69 bits per heavy atom. The molecule has 0 saturated carbocycles. The van der Waals surface area contributed by atoms with Crippen LogP contribution in [0.15, 0.2) is 78.0 Å². The zero-order valence-corrected chi connectivity index (χ0v) is 14.2. The summed E-state index contributed by atoms with van der Waals surface area (Å²) in [5.74, 6) is 0.992. The molecule has 1 aromatic heterocycles. The molecular formula is C21H17N3O2. The van der Waals surface area contributed by atoms with Crippen molar-refractivity contribution in [2.75, 3.05) is 7.11 Å². The first-order valence-electron chi connectivity index (χ1n) is 8.19. The number of phenols is 1. The zero-order valence-electron chi connectivity index (χ0n) is 14.2. The van der Waals surface area contributed by atoms with Crippen LogP contribution in [0.3, 0.4) is 0 Å². The van der Waals surface area contributed by atoms with Crippen LogP contribution in [0.5, 0.6) is 11.5 Å². The Labute approximate surface area is 150 Å². The first-order chi connectivity index (χ1) is 12.8. The maximum Gasteiger partial charge on any atom is 0.142 e. The molecule has 0 amide bonds. The van der Waals surface area contributed by atoms with Crippen molar-refractivity contribution in [3.05, 3.63) is 78.6 Å². The fourth-order valence-corrected chi connectivity index (χ4v) is 2.84. The summed E-state index contributed by atoms with van der Waals surface area (Å²) in [4.78, 5) is 8.93. The number of nitrogens with zero attached hydrogens (tertiary/aromatic N) is 3. The maximum atomic E-state index is 9.82. The molecule has 0 unspecified atom stereocenters. The highest BCUT2D eigenvalue weighted by Crippen LogP contribution is 2.28. The van der Waals surface area contributed by atoms with E-state index in [0.717, 1.165) is 28.2 Å². The van der Waals surface area contributed by atoms with Gasteiger partial charge in [0.05, 0.1) is 29.5 Å². The average Bonchev–Trinajstić information content (AvgIpc) is 3.10. The number of aromatic nitrogens is 2. The summed E-state index contributed by atoms with van der Waals surface area (Å²) in [7, 11) is 1.66. The Balaban J connectivity index is 1.71. The molecule has 0 radical (unpaired) electrons. The minimum absolute atomic E-state index is 0.206. The van der Waals surface area contributed by atoms with Crippen LogP contribution in [0, 0.1) is 0 Å². The fourth-order valence-electron chi connectivity index (χ4n) is 2.84. The van der Waals surface area contributed by atoms with Crippen LogP contribution in [0.2, 0.25) is 0 Å². The van der Waals surface area contributed by atoms with Crippen LogP contribution < -0.4 is 4.74 Å². The number of ether oxygens (including phenoxy) is 1. The van der Waals surface area contributed by atoms with Gasteiger partial charge in [0.15, 0.2) is 0 Å². The minimum Gasteiger partial charge on any atom is -0.507 e. The molecule has 3 aromatic carbocycles. The van der Waals surface area contributed by atoms with Gasteiger partial charge in [0.1, 0.15) is 17.8 Å². The quantitative estimate of drug-likeness (QED) is 0.555. The van der Waals surface area contributed by atoms with E-state index in [9.17, 15) is 5.11 Å². The van der Waals surface area contributed by atoms with E-state index in [1.807, 2.05) is 59.2 Å². The van der Waals surface area contributed by atoms with Gasteiger partial charge in [-0.05, 0) is 42.5 Å². The number of phenolic OH excluding ortho intramolecular Hbond substituents is 1. The molecule has 1 N–H and O–H groups in total. The molecule has 0 bridgehead atoms. The van der Waals surface area contributed by atoms with Crippen LogP contribution in [0.4, 0.5) is 5.69 Å². The number of hydrogen-bond donors (Lipinski definition) is 1. The SMILES string of the molecule is COc1ccccc1-n1cnc2cc(N=Cc3ccccc3O)ccc21. The number of methoxy groups -OCH3 is 1. The Hall–Kier alpha value is -3.60. The number of imidazole rings is 1. The van der Waals surface area contributed by atoms with E-state index in [-0.39, 0.29) is 5.75 Å². The van der Waals surface area contributed by atoms with Gasteiger partial charge in [-0.25, -0.2) is 4.98 Å². The number of aliphatic imine (C=N–C) groups is 1. The standard InChI is InChI=1S/C21H17N3O2/c1-26-21-9-5-3-7-19(21)24-14-23-17-12-16(10-11-18(17)24)22-13-15-6-2-4-8-20(15)25/h2-14,25H,1H3. The third-order valence-corrected chi connectivity index (χ3v) is 4.16. The van der Waals surface area contributed by atoms with E-state index in [0.29, 0.717) is 5.56 Å². The van der Waals surface area contributed by atoms with Crippen molar-refractivity contribution in [3.8, 4) is 17.2 Å². The van der Waals surface area contributed by atoms with Gasteiger partial charge >= 0.3 is 0 Å². The number of para-hydroxylation sites is 3. The van der Waals surface area contributed by atoms with Gasteiger partial charge in [-0.3, -0.25) is 9.56 Å². The van der Waals surface area contributed by atoms with Gasteiger partial charge in [-0.1, -0.05) is 24.3 Å². The first kappa shape index (κ1) is 15.9. The number of fused-ring (bicyclic) bond motifs is 1. The summed E-state index contributed by atoms with van der Waals surface area (Å²) in [6, 6.07) is 20.7. The first-order valence-corrected chi connectivity index (χ1v) is 8.19. The van der Waals surface area contributed by atoms with Gasteiger partial charge in [0, 0.05) is 11.8 Å². The fraction of sp³-hybridized carbons (Fsp3) is 0.0476. The Bertz CT molecular complexity index is 1100. The second-order valence-electron chi connectivity index (χ2n) is 5.78. The van der Waals surface area contributed by atoms with Crippen LogP contribution in [0.1, 0.15) is 5.56 Å². The normalized spacial score (nSPS) is 11.3. The molecule has 5 heteroatoms. The van der Waals surface area contributed by atoms with E-state index < -0.39 is 0 Å². The van der Waals surface area contributed by atoms with Crippen molar-refractivity contribution in [2.24, 2.45) is 4.99 Å². The van der Waals surface area contributed by atoms with E-state index in [1.165, 1.54) is 0 Å². The van der Waals surface area contributed by atoms with E-state index in [4.69, 9.17) is 4.74 Å². The van der Waals surface area contributed by atoms with Gasteiger partial charge in [-0.2, -0.15) is 0 Å². The second kappa shape index (κ2) is 6.72. The third-order valence-electron chi connectivity index (χ3n) is 4.16. The monoisotopic (exact) mass is 343 g/mol. The summed E-state index contributed by atoms with van der Waals surface area (Å²) >= 11 is 0. The lowest BCUT2D eigenvalue weighted by Gasteiger charge is -2.09. The van der Waals surface area contributed by atoms with Crippen LogP contribution >= 0.6 is 0 Å². The molecule has 0 atom stereocenters. The highest BCUT2D eigenvalue weighted by Gasteiger charge is 2.09. The number of hydrogen-bond acceptors (Lipinski definition) is 4. The van der Waals surface area contributed by atoms with E-state index in [2.05, 4.69) is 9.98 Å². The molecule has 0 saturated heterocycles. The van der Waals surface area contributed by atoms with E-state index >= 15 is 0 Å². The van der Waals surface area contributed by atoms with Crippen molar-refractivity contribution >= 4 is 22.9 Å². The average molecular weight is 343 g/mol. The Morgan fingerprint density at radius 1 is 1.04 bits per heavy atom. The van der Waals surface area contributed by atoms with Crippen molar-refractivity contribution in [1.82, 2.24) is 9.55 Å². The molecule has 4 aromatic rings. The molecule has 0 aliphatic heterocycles. The predicted octanol–water partition coefficient (Wildman–Crippen LogP) is 4.49. The van der Waals surface area contributed by atoms with Crippen molar-refractivity contribution in [2.45, 2.75) is 0 Å². The molecule has 26 heavy (non-hydrogen) atoms.